The number of halogens is 1. The zero-order chi connectivity index (χ0) is 9.35. The van der Waals surface area contributed by atoms with E-state index in [1.165, 1.54) is 12.3 Å². The lowest BCUT2D eigenvalue weighted by atomic mass is 10.3. The molecule has 0 unspecified atom stereocenters. The first kappa shape index (κ1) is 3.56. The van der Waals surface area contributed by atoms with Gasteiger partial charge in [-0.2, -0.15) is 0 Å². The average Bonchev–Trinajstić information content (AvgIpc) is 1.92. The number of anilines is 1. The number of hydrogen-bond acceptors (Lipinski definition) is 2. The van der Waals surface area contributed by atoms with Crippen molar-refractivity contribution >= 4 is 21.7 Å². The minimum atomic E-state index is -2.19. The third-order valence-electron chi connectivity index (χ3n) is 0.885. The highest BCUT2D eigenvalue weighted by Crippen LogP contribution is 2.13. The fourth-order valence-corrected chi connectivity index (χ4v) is 0.781. The van der Waals surface area contributed by atoms with E-state index in [-0.39, 0.29) is 11.4 Å². The SMILES string of the molecule is [2H]C([2H])([2H])c1cc(Br)cnc1N. The highest BCUT2D eigenvalue weighted by Gasteiger charge is 1.92. The summed E-state index contributed by atoms with van der Waals surface area (Å²) in [7, 11) is 0. The Morgan fingerprint density at radius 3 is 3.22 bits per heavy atom. The fourth-order valence-electron chi connectivity index (χ4n) is 0.450. The Bertz CT molecular complexity index is 297. The number of aromatic nitrogens is 1. The molecule has 1 aromatic rings. The molecule has 1 aromatic heterocycles. The van der Waals surface area contributed by atoms with Crippen LogP contribution >= 0.6 is 15.9 Å². The van der Waals surface area contributed by atoms with E-state index in [2.05, 4.69) is 20.9 Å². The molecule has 2 nitrogen and oxygen atoms in total. The Morgan fingerprint density at radius 2 is 2.67 bits per heavy atom. The number of aryl methyl sites for hydroxylation is 1. The minimum absolute atomic E-state index is 0.0539. The van der Waals surface area contributed by atoms with E-state index < -0.39 is 6.85 Å². The summed E-state index contributed by atoms with van der Waals surface area (Å²) in [6, 6.07) is 1.45. The summed E-state index contributed by atoms with van der Waals surface area (Å²) in [6.07, 6.45) is 1.46. The van der Waals surface area contributed by atoms with Gasteiger partial charge in [0.1, 0.15) is 5.82 Å². The van der Waals surface area contributed by atoms with Crippen LogP contribution in [0.2, 0.25) is 0 Å². The molecule has 0 aliphatic heterocycles. The number of nitrogen functional groups attached to an aromatic ring is 1. The third kappa shape index (κ3) is 1.42. The lowest BCUT2D eigenvalue weighted by molar-refractivity contribution is 1.26. The Balaban J connectivity index is 3.23. The third-order valence-corrected chi connectivity index (χ3v) is 1.32. The Labute approximate surface area is 66.4 Å². The van der Waals surface area contributed by atoms with Crippen LogP contribution in [0.3, 0.4) is 0 Å². The highest BCUT2D eigenvalue weighted by molar-refractivity contribution is 9.10. The number of pyridine rings is 1. The zero-order valence-corrected chi connectivity index (χ0v) is 6.14. The van der Waals surface area contributed by atoms with Gasteiger partial charge in [0.15, 0.2) is 0 Å². The van der Waals surface area contributed by atoms with Crippen molar-refractivity contribution in [2.45, 2.75) is 6.85 Å². The summed E-state index contributed by atoms with van der Waals surface area (Å²) >= 11 is 3.12. The molecule has 0 spiro atoms. The van der Waals surface area contributed by atoms with Crippen molar-refractivity contribution in [3.8, 4) is 0 Å². The van der Waals surface area contributed by atoms with Crippen molar-refractivity contribution in [1.82, 2.24) is 4.98 Å². The number of rotatable bonds is 0. The quantitative estimate of drug-likeness (QED) is 0.676. The molecule has 3 heteroatoms. The molecule has 0 aromatic carbocycles. The van der Waals surface area contributed by atoms with E-state index >= 15 is 0 Å². The summed E-state index contributed by atoms with van der Waals surface area (Å²) < 4.78 is 21.9. The first-order chi connectivity index (χ1) is 5.41. The van der Waals surface area contributed by atoms with E-state index in [1.807, 2.05) is 0 Å². The average molecular weight is 190 g/mol. The molecular weight excluding hydrogens is 180 g/mol. The maximum Gasteiger partial charge on any atom is 0.126 e. The van der Waals surface area contributed by atoms with E-state index in [0.717, 1.165) is 0 Å². The van der Waals surface area contributed by atoms with Crippen molar-refractivity contribution in [3.63, 3.8) is 0 Å². The molecule has 0 saturated carbocycles. The Hall–Kier alpha value is -0.570. The van der Waals surface area contributed by atoms with E-state index in [0.29, 0.717) is 4.47 Å². The molecule has 48 valence electrons. The van der Waals surface area contributed by atoms with Crippen LogP contribution < -0.4 is 5.73 Å². The van der Waals surface area contributed by atoms with Crippen LogP contribution in [0.15, 0.2) is 16.7 Å². The second-order valence-electron chi connectivity index (χ2n) is 1.59. The molecular formula is C6H7BrN2. The molecule has 9 heavy (non-hydrogen) atoms. The minimum Gasteiger partial charge on any atom is -0.383 e. The second-order valence-corrected chi connectivity index (χ2v) is 2.50. The molecule has 0 amide bonds. The molecule has 0 saturated heterocycles. The molecule has 0 aliphatic rings. The molecule has 1 heterocycles. The maximum absolute atomic E-state index is 7.10. The van der Waals surface area contributed by atoms with Crippen LogP contribution in [0.4, 0.5) is 5.82 Å². The van der Waals surface area contributed by atoms with Gasteiger partial charge in [0.25, 0.3) is 0 Å². The number of nitrogens with two attached hydrogens (primary N) is 1. The predicted octanol–water partition coefficient (Wildman–Crippen LogP) is 1.73. The van der Waals surface area contributed by atoms with Gasteiger partial charge in [-0.3, -0.25) is 0 Å². The van der Waals surface area contributed by atoms with E-state index in [9.17, 15) is 0 Å². The standard InChI is InChI=1S/C6H7BrN2/c1-4-2-5(7)3-9-6(4)8/h2-3H,1H3,(H2,8,9)/i1D3. The topological polar surface area (TPSA) is 38.9 Å². The van der Waals surface area contributed by atoms with Gasteiger partial charge in [-0.1, -0.05) is 0 Å². The van der Waals surface area contributed by atoms with Gasteiger partial charge < -0.3 is 5.73 Å². The van der Waals surface area contributed by atoms with Gasteiger partial charge >= 0.3 is 0 Å². The zero-order valence-electron chi connectivity index (χ0n) is 7.56. The summed E-state index contributed by atoms with van der Waals surface area (Å²) in [5.74, 6) is 0.0539. The van der Waals surface area contributed by atoms with Crippen LogP contribution in [-0.4, -0.2) is 4.98 Å². The van der Waals surface area contributed by atoms with Gasteiger partial charge in [-0.05, 0) is 34.4 Å². The summed E-state index contributed by atoms with van der Waals surface area (Å²) in [4.78, 5) is 3.72. The van der Waals surface area contributed by atoms with Crippen molar-refractivity contribution < 1.29 is 4.11 Å². The summed E-state index contributed by atoms with van der Waals surface area (Å²) in [6.45, 7) is -2.19. The maximum atomic E-state index is 7.10. The van der Waals surface area contributed by atoms with Gasteiger partial charge in [-0.25, -0.2) is 4.98 Å². The molecule has 0 fully saturated rings. The smallest absolute Gasteiger partial charge is 0.126 e. The van der Waals surface area contributed by atoms with Crippen LogP contribution in [0.1, 0.15) is 9.68 Å². The molecule has 0 bridgehead atoms. The van der Waals surface area contributed by atoms with Gasteiger partial charge in [0, 0.05) is 14.8 Å². The van der Waals surface area contributed by atoms with Gasteiger partial charge in [0.05, 0.1) is 0 Å². The lowest BCUT2D eigenvalue weighted by Gasteiger charge is -1.96. The van der Waals surface area contributed by atoms with Crippen molar-refractivity contribution in [3.05, 3.63) is 22.3 Å². The Morgan fingerprint density at radius 1 is 1.89 bits per heavy atom. The monoisotopic (exact) mass is 189 g/mol. The summed E-state index contributed by atoms with van der Waals surface area (Å²) in [5, 5.41) is 0. The predicted molar refractivity (Wildman–Crippen MR) is 41.1 cm³/mol. The van der Waals surface area contributed by atoms with Crippen LogP contribution in [0.25, 0.3) is 0 Å². The molecule has 0 radical (unpaired) electrons. The first-order valence-corrected chi connectivity index (χ1v) is 3.12. The van der Waals surface area contributed by atoms with Gasteiger partial charge in [0.2, 0.25) is 0 Å². The van der Waals surface area contributed by atoms with E-state index in [4.69, 9.17) is 9.85 Å². The molecule has 0 aliphatic carbocycles. The van der Waals surface area contributed by atoms with Crippen molar-refractivity contribution in [2.24, 2.45) is 0 Å². The largest absolute Gasteiger partial charge is 0.383 e. The number of nitrogens with zero attached hydrogens (tertiary/aromatic N) is 1. The van der Waals surface area contributed by atoms with Crippen LogP contribution in [0.5, 0.6) is 0 Å². The van der Waals surface area contributed by atoms with Crippen molar-refractivity contribution in [1.29, 1.82) is 0 Å². The van der Waals surface area contributed by atoms with Crippen LogP contribution in [0, 0.1) is 6.85 Å². The van der Waals surface area contributed by atoms with Crippen LogP contribution in [-0.2, 0) is 0 Å². The highest BCUT2D eigenvalue weighted by atomic mass is 79.9. The Kier molecular flexibility index (Phi) is 0.931. The number of hydrogen-bond donors (Lipinski definition) is 1. The molecule has 1 rings (SSSR count). The second kappa shape index (κ2) is 2.35. The van der Waals surface area contributed by atoms with E-state index in [1.54, 1.807) is 0 Å². The molecule has 0 atom stereocenters. The normalized spacial score (nSPS) is 15.9. The lowest BCUT2D eigenvalue weighted by Crippen LogP contribution is -1.91. The fraction of sp³-hybridized carbons (Fsp3) is 0.167. The van der Waals surface area contributed by atoms with Gasteiger partial charge in [-0.15, -0.1) is 0 Å². The first-order valence-electron chi connectivity index (χ1n) is 3.83. The molecule has 2 N–H and O–H groups in total. The summed E-state index contributed by atoms with van der Waals surface area (Å²) in [5.41, 5.74) is 5.46. The van der Waals surface area contributed by atoms with Crippen molar-refractivity contribution in [2.75, 3.05) is 5.73 Å².